The number of nitrogens with one attached hydrogen (secondary N) is 1. The van der Waals surface area contributed by atoms with Gasteiger partial charge in [0.25, 0.3) is 5.91 Å². The van der Waals surface area contributed by atoms with Crippen LogP contribution in [-0.2, 0) is 4.74 Å². The van der Waals surface area contributed by atoms with Crippen molar-refractivity contribution in [3.8, 4) is 28.4 Å². The van der Waals surface area contributed by atoms with Gasteiger partial charge in [0.2, 0.25) is 0 Å². The lowest BCUT2D eigenvalue weighted by atomic mass is 10.1. The van der Waals surface area contributed by atoms with E-state index in [9.17, 15) is 9.18 Å². The van der Waals surface area contributed by atoms with Gasteiger partial charge >= 0.3 is 0 Å². The van der Waals surface area contributed by atoms with Crippen LogP contribution in [0.25, 0.3) is 16.9 Å². The number of benzene rings is 2. The van der Waals surface area contributed by atoms with Crippen LogP contribution >= 0.6 is 0 Å². The van der Waals surface area contributed by atoms with Crippen LogP contribution in [0.4, 0.5) is 4.39 Å². The van der Waals surface area contributed by atoms with Crippen LogP contribution in [-0.4, -0.2) is 74.2 Å². The molecule has 1 aliphatic rings. The molecule has 2 heterocycles. The Morgan fingerprint density at radius 3 is 2.56 bits per heavy atom. The lowest BCUT2D eigenvalue weighted by Gasteiger charge is -2.26. The molecule has 180 valence electrons. The Bertz CT molecular complexity index is 1110. The van der Waals surface area contributed by atoms with Gasteiger partial charge in [0.1, 0.15) is 23.0 Å². The number of nitrogens with zero attached hydrogens (tertiary/aromatic N) is 3. The van der Waals surface area contributed by atoms with Crippen molar-refractivity contribution >= 4 is 5.91 Å². The Morgan fingerprint density at radius 1 is 1.09 bits per heavy atom. The fourth-order valence-corrected chi connectivity index (χ4v) is 3.88. The largest absolute Gasteiger partial charge is 0.497 e. The van der Waals surface area contributed by atoms with Gasteiger partial charge in [-0.25, -0.2) is 9.07 Å². The Kier molecular flexibility index (Phi) is 7.76. The molecule has 0 spiro atoms. The topological polar surface area (TPSA) is 77.9 Å². The Hall–Kier alpha value is -3.43. The van der Waals surface area contributed by atoms with Crippen LogP contribution in [0.3, 0.4) is 0 Å². The summed E-state index contributed by atoms with van der Waals surface area (Å²) < 4.78 is 31.2. The van der Waals surface area contributed by atoms with Gasteiger partial charge in [-0.3, -0.25) is 9.69 Å². The molecule has 34 heavy (non-hydrogen) atoms. The van der Waals surface area contributed by atoms with Crippen molar-refractivity contribution in [1.82, 2.24) is 20.0 Å². The average Bonchev–Trinajstić information content (AvgIpc) is 3.32. The molecular formula is C25H29FN4O4. The number of amides is 1. The third-order valence-corrected chi connectivity index (χ3v) is 5.74. The smallest absolute Gasteiger partial charge is 0.270 e. The minimum absolute atomic E-state index is 0.252. The van der Waals surface area contributed by atoms with E-state index in [1.54, 1.807) is 44.6 Å². The first-order chi connectivity index (χ1) is 16.6. The first-order valence-corrected chi connectivity index (χ1v) is 11.3. The molecule has 9 heteroatoms. The minimum Gasteiger partial charge on any atom is -0.497 e. The van der Waals surface area contributed by atoms with Crippen LogP contribution < -0.4 is 14.8 Å². The number of carbonyl (C=O) groups is 1. The maximum absolute atomic E-state index is 13.5. The fraction of sp³-hybridized carbons (Fsp3) is 0.360. The molecule has 4 rings (SSSR count). The molecule has 1 saturated heterocycles. The van der Waals surface area contributed by atoms with Crippen molar-refractivity contribution in [2.24, 2.45) is 0 Å². The summed E-state index contributed by atoms with van der Waals surface area (Å²) >= 11 is 0. The number of halogens is 1. The Morgan fingerprint density at radius 2 is 1.85 bits per heavy atom. The average molecular weight is 469 g/mol. The second kappa shape index (κ2) is 11.1. The number of carbonyl (C=O) groups excluding carboxylic acids is 1. The SMILES string of the molecule is COc1ccc(-c2cc(C(=O)NCCCN3CCOCC3)n(-c3ccc(F)cc3)n2)c(OC)c1. The highest BCUT2D eigenvalue weighted by molar-refractivity contribution is 5.94. The van der Waals surface area contributed by atoms with E-state index in [1.165, 1.54) is 16.8 Å². The number of ether oxygens (including phenoxy) is 3. The van der Waals surface area contributed by atoms with Crippen LogP contribution in [0.1, 0.15) is 16.9 Å². The number of aromatic nitrogens is 2. The molecule has 1 fully saturated rings. The van der Waals surface area contributed by atoms with E-state index < -0.39 is 0 Å². The zero-order valence-electron chi connectivity index (χ0n) is 19.4. The summed E-state index contributed by atoms with van der Waals surface area (Å²) in [5.74, 6) is 0.608. The molecule has 1 amide bonds. The highest BCUT2D eigenvalue weighted by Crippen LogP contribution is 2.33. The van der Waals surface area contributed by atoms with Crippen molar-refractivity contribution in [3.05, 3.63) is 60.0 Å². The molecule has 0 radical (unpaired) electrons. The summed E-state index contributed by atoms with van der Waals surface area (Å²) in [4.78, 5) is 15.5. The number of methoxy groups -OCH3 is 2. The molecule has 0 unspecified atom stereocenters. The van der Waals surface area contributed by atoms with Crippen molar-refractivity contribution < 1.29 is 23.4 Å². The zero-order chi connectivity index (χ0) is 23.9. The van der Waals surface area contributed by atoms with Crippen molar-refractivity contribution in [3.63, 3.8) is 0 Å². The van der Waals surface area contributed by atoms with Gasteiger partial charge in [0.05, 0.1) is 38.8 Å². The van der Waals surface area contributed by atoms with Gasteiger partial charge in [-0.1, -0.05) is 0 Å². The van der Waals surface area contributed by atoms with Crippen LogP contribution in [0.15, 0.2) is 48.5 Å². The van der Waals surface area contributed by atoms with Crippen LogP contribution in [0.5, 0.6) is 11.5 Å². The summed E-state index contributed by atoms with van der Waals surface area (Å²) in [5, 5.41) is 7.65. The van der Waals surface area contributed by atoms with E-state index in [-0.39, 0.29) is 11.7 Å². The molecule has 1 aromatic heterocycles. The van der Waals surface area contributed by atoms with E-state index in [0.29, 0.717) is 40.7 Å². The van der Waals surface area contributed by atoms with Crippen LogP contribution in [0.2, 0.25) is 0 Å². The van der Waals surface area contributed by atoms with E-state index in [2.05, 4.69) is 15.3 Å². The molecule has 1 N–H and O–H groups in total. The standard InChI is InChI=1S/C25H29FN4O4/c1-32-20-8-9-21(24(16-20)33-2)22-17-23(30(28-22)19-6-4-18(26)5-7-19)25(31)27-10-3-11-29-12-14-34-15-13-29/h4-9,16-17H,3,10-15H2,1-2H3,(H,27,31). The predicted octanol–water partition coefficient (Wildman–Crippen LogP) is 3.15. The lowest BCUT2D eigenvalue weighted by Crippen LogP contribution is -2.38. The Labute approximate surface area is 198 Å². The summed E-state index contributed by atoms with van der Waals surface area (Å²) in [6.07, 6.45) is 0.829. The molecule has 2 aromatic carbocycles. The minimum atomic E-state index is -0.359. The first kappa shape index (κ1) is 23.7. The third-order valence-electron chi connectivity index (χ3n) is 5.74. The van der Waals surface area contributed by atoms with Crippen molar-refractivity contribution in [1.29, 1.82) is 0 Å². The molecule has 0 bridgehead atoms. The maximum Gasteiger partial charge on any atom is 0.270 e. The lowest BCUT2D eigenvalue weighted by molar-refractivity contribution is 0.0374. The second-order valence-corrected chi connectivity index (χ2v) is 7.93. The predicted molar refractivity (Wildman–Crippen MR) is 126 cm³/mol. The third kappa shape index (κ3) is 5.55. The van der Waals surface area contributed by atoms with Gasteiger partial charge in [-0.2, -0.15) is 5.10 Å². The zero-order valence-corrected chi connectivity index (χ0v) is 19.4. The molecule has 0 aliphatic carbocycles. The molecular weight excluding hydrogens is 439 g/mol. The van der Waals surface area contributed by atoms with Gasteiger partial charge in [0, 0.05) is 31.3 Å². The summed E-state index contributed by atoms with van der Waals surface area (Å²) in [6.45, 7) is 4.76. The highest BCUT2D eigenvalue weighted by atomic mass is 19.1. The van der Waals surface area contributed by atoms with Gasteiger partial charge in [-0.05, 0) is 55.4 Å². The van der Waals surface area contributed by atoms with Gasteiger partial charge in [-0.15, -0.1) is 0 Å². The number of hydrogen-bond donors (Lipinski definition) is 1. The summed E-state index contributed by atoms with van der Waals surface area (Å²) in [7, 11) is 3.15. The monoisotopic (exact) mass is 468 g/mol. The molecule has 0 saturated carbocycles. The number of morpholine rings is 1. The fourth-order valence-electron chi connectivity index (χ4n) is 3.88. The highest BCUT2D eigenvalue weighted by Gasteiger charge is 2.20. The summed E-state index contributed by atoms with van der Waals surface area (Å²) in [6, 6.07) is 13.0. The van der Waals surface area contributed by atoms with Crippen molar-refractivity contribution in [2.45, 2.75) is 6.42 Å². The second-order valence-electron chi connectivity index (χ2n) is 7.93. The normalized spacial score (nSPS) is 14.1. The van der Waals surface area contributed by atoms with E-state index in [0.717, 1.165) is 39.3 Å². The van der Waals surface area contributed by atoms with E-state index in [1.807, 2.05) is 6.07 Å². The first-order valence-electron chi connectivity index (χ1n) is 11.3. The number of hydrogen-bond acceptors (Lipinski definition) is 6. The van der Waals surface area contributed by atoms with E-state index >= 15 is 0 Å². The van der Waals surface area contributed by atoms with E-state index in [4.69, 9.17) is 14.2 Å². The van der Waals surface area contributed by atoms with Crippen LogP contribution in [0, 0.1) is 5.82 Å². The molecule has 8 nitrogen and oxygen atoms in total. The molecule has 0 atom stereocenters. The Balaban J connectivity index is 1.57. The summed E-state index contributed by atoms with van der Waals surface area (Å²) in [5.41, 5.74) is 2.21. The van der Waals surface area contributed by atoms with Gasteiger partial charge < -0.3 is 19.5 Å². The molecule has 3 aromatic rings. The quantitative estimate of drug-likeness (QED) is 0.486. The maximum atomic E-state index is 13.5. The molecule has 1 aliphatic heterocycles. The van der Waals surface area contributed by atoms with Crippen molar-refractivity contribution in [2.75, 3.05) is 53.6 Å². The van der Waals surface area contributed by atoms with Gasteiger partial charge in [0.15, 0.2) is 0 Å². The number of rotatable bonds is 9.